The van der Waals surface area contributed by atoms with Crippen LogP contribution >= 0.6 is 11.6 Å². The molecule has 0 aliphatic carbocycles. The third-order valence-corrected chi connectivity index (χ3v) is 4.86. The molecule has 0 aliphatic heterocycles. The van der Waals surface area contributed by atoms with Crippen molar-refractivity contribution in [1.29, 1.82) is 0 Å². The maximum absolute atomic E-state index is 12.6. The van der Waals surface area contributed by atoms with E-state index in [-0.39, 0.29) is 5.78 Å². The molecule has 0 aliphatic rings. The number of ketones is 1. The Bertz CT molecular complexity index is 639. The summed E-state index contributed by atoms with van der Waals surface area (Å²) in [7, 11) is 0. The number of nitrogens with zero attached hydrogens (tertiary/aromatic N) is 1. The maximum Gasteiger partial charge on any atom is 0.176 e. The fourth-order valence-corrected chi connectivity index (χ4v) is 3.23. The topological polar surface area (TPSA) is 20.3 Å². The van der Waals surface area contributed by atoms with E-state index in [0.29, 0.717) is 11.6 Å². The Hall–Kier alpha value is -1.64. The van der Waals surface area contributed by atoms with Gasteiger partial charge in [-0.25, -0.2) is 0 Å². The van der Waals surface area contributed by atoms with Gasteiger partial charge < -0.3 is 0 Å². The van der Waals surface area contributed by atoms with Crippen LogP contribution < -0.4 is 0 Å². The lowest BCUT2D eigenvalue weighted by atomic mass is 10.1. The SMILES string of the molecule is CCCCCCCCN(CC(=O)c1ccc(Cl)cc1)Cc1ccccc1. The molecule has 0 atom stereocenters. The van der Waals surface area contributed by atoms with Crippen LogP contribution in [0.2, 0.25) is 5.02 Å². The summed E-state index contributed by atoms with van der Waals surface area (Å²) in [5.41, 5.74) is 1.98. The van der Waals surface area contributed by atoms with Crippen molar-refractivity contribution in [3.63, 3.8) is 0 Å². The summed E-state index contributed by atoms with van der Waals surface area (Å²) in [4.78, 5) is 14.9. The minimum atomic E-state index is 0.156. The molecule has 0 saturated heterocycles. The summed E-state index contributed by atoms with van der Waals surface area (Å²) in [5.74, 6) is 0.156. The summed E-state index contributed by atoms with van der Waals surface area (Å²) in [6.45, 7) is 4.46. The highest BCUT2D eigenvalue weighted by molar-refractivity contribution is 6.30. The minimum absolute atomic E-state index is 0.156. The lowest BCUT2D eigenvalue weighted by molar-refractivity contribution is 0.0924. The molecular weight excluding hydrogens is 342 g/mol. The van der Waals surface area contributed by atoms with Gasteiger partial charge in [0.05, 0.1) is 6.54 Å². The van der Waals surface area contributed by atoms with Crippen LogP contribution in [0, 0.1) is 0 Å². The molecule has 26 heavy (non-hydrogen) atoms. The van der Waals surface area contributed by atoms with E-state index in [1.165, 1.54) is 37.7 Å². The Morgan fingerprint density at radius 1 is 0.885 bits per heavy atom. The van der Waals surface area contributed by atoms with Crippen molar-refractivity contribution in [1.82, 2.24) is 4.90 Å². The Morgan fingerprint density at radius 3 is 2.23 bits per heavy atom. The van der Waals surface area contributed by atoms with Crippen molar-refractivity contribution in [3.8, 4) is 0 Å². The number of unbranched alkanes of at least 4 members (excludes halogenated alkanes) is 5. The third kappa shape index (κ3) is 7.72. The minimum Gasteiger partial charge on any atom is -0.293 e. The second-order valence-electron chi connectivity index (χ2n) is 6.89. The van der Waals surface area contributed by atoms with Gasteiger partial charge in [0, 0.05) is 17.1 Å². The largest absolute Gasteiger partial charge is 0.293 e. The van der Waals surface area contributed by atoms with Crippen molar-refractivity contribution >= 4 is 17.4 Å². The van der Waals surface area contributed by atoms with E-state index in [9.17, 15) is 4.79 Å². The van der Waals surface area contributed by atoms with Crippen LogP contribution in [0.1, 0.15) is 61.4 Å². The number of hydrogen-bond donors (Lipinski definition) is 0. The summed E-state index contributed by atoms with van der Waals surface area (Å²) in [6.07, 6.45) is 7.58. The van der Waals surface area contributed by atoms with Crippen LogP contribution in [0.25, 0.3) is 0 Å². The summed E-state index contributed by atoms with van der Waals surface area (Å²) < 4.78 is 0. The fraction of sp³-hybridized carbons (Fsp3) is 0.435. The van der Waals surface area contributed by atoms with Crippen molar-refractivity contribution in [3.05, 3.63) is 70.7 Å². The second kappa shape index (κ2) is 11.9. The standard InChI is InChI=1S/C23H30ClNO/c1-2-3-4-5-6-10-17-25(18-20-11-8-7-9-12-20)19-23(26)21-13-15-22(24)16-14-21/h7-9,11-16H,2-6,10,17-19H2,1H3. The van der Waals surface area contributed by atoms with Crippen molar-refractivity contribution in [2.75, 3.05) is 13.1 Å². The van der Waals surface area contributed by atoms with Gasteiger partial charge in [-0.15, -0.1) is 0 Å². The fourth-order valence-electron chi connectivity index (χ4n) is 3.10. The summed E-state index contributed by atoms with van der Waals surface area (Å²) >= 11 is 5.93. The van der Waals surface area contributed by atoms with Crippen molar-refractivity contribution < 1.29 is 4.79 Å². The highest BCUT2D eigenvalue weighted by Crippen LogP contribution is 2.13. The first kappa shape index (κ1) is 20.7. The van der Waals surface area contributed by atoms with E-state index in [4.69, 9.17) is 11.6 Å². The second-order valence-corrected chi connectivity index (χ2v) is 7.33. The molecule has 3 heteroatoms. The lowest BCUT2D eigenvalue weighted by Crippen LogP contribution is -2.30. The van der Waals surface area contributed by atoms with Crippen LogP contribution in [-0.4, -0.2) is 23.8 Å². The van der Waals surface area contributed by atoms with Crippen LogP contribution in [0.4, 0.5) is 0 Å². The van der Waals surface area contributed by atoms with Crippen molar-refractivity contribution in [2.24, 2.45) is 0 Å². The molecule has 0 radical (unpaired) electrons. The van der Waals surface area contributed by atoms with E-state index >= 15 is 0 Å². The molecule has 0 fully saturated rings. The predicted molar refractivity (Wildman–Crippen MR) is 111 cm³/mol. The van der Waals surface area contributed by atoms with Crippen LogP contribution in [0.3, 0.4) is 0 Å². The highest BCUT2D eigenvalue weighted by atomic mass is 35.5. The summed E-state index contributed by atoms with van der Waals surface area (Å²) in [5, 5.41) is 0.662. The number of hydrogen-bond acceptors (Lipinski definition) is 2. The molecule has 0 N–H and O–H groups in total. The normalized spacial score (nSPS) is 11.0. The Balaban J connectivity index is 1.91. The molecule has 140 valence electrons. The Morgan fingerprint density at radius 2 is 1.54 bits per heavy atom. The molecule has 2 rings (SSSR count). The lowest BCUT2D eigenvalue weighted by Gasteiger charge is -2.22. The zero-order valence-electron chi connectivity index (χ0n) is 15.8. The Kier molecular flexibility index (Phi) is 9.44. The van der Waals surface area contributed by atoms with Crippen LogP contribution in [0.5, 0.6) is 0 Å². The van der Waals surface area contributed by atoms with Gasteiger partial charge in [0.1, 0.15) is 0 Å². The third-order valence-electron chi connectivity index (χ3n) is 4.61. The number of carbonyl (C=O) groups is 1. The molecule has 0 spiro atoms. The average molecular weight is 372 g/mol. The average Bonchev–Trinajstić information content (AvgIpc) is 2.65. The van der Waals surface area contributed by atoms with Crippen molar-refractivity contribution in [2.45, 2.75) is 52.0 Å². The van der Waals surface area contributed by atoms with Gasteiger partial charge in [0.25, 0.3) is 0 Å². The van der Waals surface area contributed by atoms with Gasteiger partial charge in [0.2, 0.25) is 0 Å². The maximum atomic E-state index is 12.6. The molecule has 0 unspecified atom stereocenters. The van der Waals surface area contributed by atoms with E-state index in [0.717, 1.165) is 25.1 Å². The molecule has 0 bridgehead atoms. The molecule has 0 heterocycles. The van der Waals surface area contributed by atoms with Gasteiger partial charge in [-0.3, -0.25) is 9.69 Å². The monoisotopic (exact) mass is 371 g/mol. The number of carbonyl (C=O) groups excluding carboxylic acids is 1. The molecule has 2 aromatic carbocycles. The van der Waals surface area contributed by atoms with Gasteiger partial charge in [0.15, 0.2) is 5.78 Å². The Labute approximate surface area is 163 Å². The number of Topliss-reactive ketones (excluding diaryl/α,β-unsaturated/α-hetero) is 1. The summed E-state index contributed by atoms with van der Waals surface area (Å²) in [6, 6.07) is 17.6. The van der Waals surface area contributed by atoms with E-state index in [2.05, 4.69) is 36.1 Å². The molecule has 2 nitrogen and oxygen atoms in total. The number of benzene rings is 2. The molecule has 0 saturated carbocycles. The van der Waals surface area contributed by atoms with Crippen LogP contribution in [0.15, 0.2) is 54.6 Å². The van der Waals surface area contributed by atoms with Gasteiger partial charge in [-0.1, -0.05) is 81.0 Å². The number of halogens is 1. The molecular formula is C23H30ClNO. The molecule has 0 amide bonds. The first-order valence-electron chi connectivity index (χ1n) is 9.74. The molecule has 0 aromatic heterocycles. The highest BCUT2D eigenvalue weighted by Gasteiger charge is 2.13. The van der Waals surface area contributed by atoms with Gasteiger partial charge in [-0.05, 0) is 42.8 Å². The number of rotatable bonds is 12. The van der Waals surface area contributed by atoms with Gasteiger partial charge in [-0.2, -0.15) is 0 Å². The van der Waals surface area contributed by atoms with E-state index < -0.39 is 0 Å². The van der Waals surface area contributed by atoms with E-state index in [1.54, 1.807) is 12.1 Å². The zero-order valence-corrected chi connectivity index (χ0v) is 16.5. The zero-order chi connectivity index (χ0) is 18.6. The van der Waals surface area contributed by atoms with E-state index in [1.807, 2.05) is 18.2 Å². The molecule has 2 aromatic rings. The first-order valence-corrected chi connectivity index (χ1v) is 10.1. The first-order chi connectivity index (χ1) is 12.7. The van der Waals surface area contributed by atoms with Crippen LogP contribution in [-0.2, 0) is 6.54 Å². The quantitative estimate of drug-likeness (QED) is 0.318. The van der Waals surface area contributed by atoms with Gasteiger partial charge >= 0.3 is 0 Å². The smallest absolute Gasteiger partial charge is 0.176 e. The predicted octanol–water partition coefficient (Wildman–Crippen LogP) is 6.39.